The van der Waals surface area contributed by atoms with Crippen LogP contribution < -0.4 is 14.9 Å². The first-order valence-corrected chi connectivity index (χ1v) is 10.7. The number of benzene rings is 2. The molecule has 2 N–H and O–H groups in total. The van der Waals surface area contributed by atoms with Gasteiger partial charge in [-0.25, -0.2) is 4.79 Å². The molecule has 2 aromatic carbocycles. The van der Waals surface area contributed by atoms with Gasteiger partial charge in [-0.1, -0.05) is 35.5 Å². The predicted octanol–water partition coefficient (Wildman–Crippen LogP) is 3.75. The number of carbonyl (C=O) groups is 3. The van der Waals surface area contributed by atoms with E-state index in [1.54, 1.807) is 42.5 Å². The summed E-state index contributed by atoms with van der Waals surface area (Å²) in [5.74, 6) is -1.58. The third kappa shape index (κ3) is 5.39. The van der Waals surface area contributed by atoms with Gasteiger partial charge in [-0.05, 0) is 61.1 Å². The van der Waals surface area contributed by atoms with Gasteiger partial charge in [0.05, 0.1) is 12.0 Å². The van der Waals surface area contributed by atoms with E-state index in [0.29, 0.717) is 16.3 Å². The van der Waals surface area contributed by atoms with E-state index in [0.717, 1.165) is 16.8 Å². The third-order valence-corrected chi connectivity index (χ3v) is 5.77. The molecule has 0 saturated carbocycles. The number of nitrogens with zero attached hydrogens (tertiary/aromatic N) is 1. The number of ether oxygens (including phenoxy) is 2. The molecule has 1 aliphatic heterocycles. The molecule has 1 saturated heterocycles. The van der Waals surface area contributed by atoms with Crippen LogP contribution in [0.15, 0.2) is 47.4 Å². The lowest BCUT2D eigenvalue weighted by atomic mass is 10.2. The van der Waals surface area contributed by atoms with Crippen molar-refractivity contribution in [2.24, 2.45) is 0 Å². The molecule has 0 aromatic heterocycles. The standard InChI is InChI=1S/C21H17ClN2O6S2/c1-11(20(27)28)30-15-7-6-12(8-16(15)29-2)9-17-19(26)24(21(31)32-17)23-18(25)13-4-3-5-14(22)10-13/h3-11H,1-2H3,(H,23,25)(H,27,28)/b17-9+. The number of hydrogen-bond acceptors (Lipinski definition) is 7. The van der Waals surface area contributed by atoms with Crippen molar-refractivity contribution in [3.05, 3.63) is 63.5 Å². The van der Waals surface area contributed by atoms with Crippen LogP contribution in [0, 0.1) is 0 Å². The van der Waals surface area contributed by atoms with Gasteiger partial charge in [-0.15, -0.1) is 0 Å². The van der Waals surface area contributed by atoms with Gasteiger partial charge in [0.15, 0.2) is 21.9 Å². The number of hydrogen-bond donors (Lipinski definition) is 2. The average molecular weight is 493 g/mol. The Kier molecular flexibility index (Phi) is 7.39. The van der Waals surface area contributed by atoms with Crippen LogP contribution in [0.4, 0.5) is 0 Å². The summed E-state index contributed by atoms with van der Waals surface area (Å²) < 4.78 is 10.8. The van der Waals surface area contributed by atoms with E-state index in [4.69, 9.17) is 38.4 Å². The number of aliphatic carboxylic acids is 1. The van der Waals surface area contributed by atoms with Gasteiger partial charge < -0.3 is 14.6 Å². The molecular weight excluding hydrogens is 476 g/mol. The lowest BCUT2D eigenvalue weighted by Crippen LogP contribution is -2.44. The first-order valence-electron chi connectivity index (χ1n) is 9.11. The molecule has 2 aromatic rings. The van der Waals surface area contributed by atoms with Crippen LogP contribution in [0.25, 0.3) is 6.08 Å². The summed E-state index contributed by atoms with van der Waals surface area (Å²) in [5.41, 5.74) is 3.36. The van der Waals surface area contributed by atoms with Crippen molar-refractivity contribution in [3.8, 4) is 11.5 Å². The second kappa shape index (κ2) is 10.0. The number of methoxy groups -OCH3 is 1. The van der Waals surface area contributed by atoms with E-state index in [9.17, 15) is 14.4 Å². The zero-order chi connectivity index (χ0) is 23.4. The smallest absolute Gasteiger partial charge is 0.344 e. The lowest BCUT2D eigenvalue weighted by Gasteiger charge is -2.15. The van der Waals surface area contributed by atoms with E-state index in [2.05, 4.69) is 5.43 Å². The van der Waals surface area contributed by atoms with Crippen LogP contribution in [0.5, 0.6) is 11.5 Å². The fraction of sp³-hybridized carbons (Fsp3) is 0.143. The van der Waals surface area contributed by atoms with Crippen molar-refractivity contribution in [3.63, 3.8) is 0 Å². The molecule has 1 atom stereocenters. The van der Waals surface area contributed by atoms with Crippen LogP contribution in [0.1, 0.15) is 22.8 Å². The number of carbonyl (C=O) groups excluding carboxylic acids is 2. The fourth-order valence-corrected chi connectivity index (χ4v) is 3.99. The van der Waals surface area contributed by atoms with Gasteiger partial charge in [0.25, 0.3) is 11.8 Å². The third-order valence-electron chi connectivity index (χ3n) is 4.23. The van der Waals surface area contributed by atoms with E-state index < -0.39 is 23.9 Å². The zero-order valence-electron chi connectivity index (χ0n) is 16.8. The first kappa shape index (κ1) is 23.6. The number of thiocarbonyl (C=S) groups is 1. The number of hydrazine groups is 1. The summed E-state index contributed by atoms with van der Waals surface area (Å²) in [7, 11) is 1.42. The highest BCUT2D eigenvalue weighted by molar-refractivity contribution is 8.26. The van der Waals surface area contributed by atoms with Crippen LogP contribution in [0.2, 0.25) is 5.02 Å². The number of thioether (sulfide) groups is 1. The molecule has 1 heterocycles. The maximum absolute atomic E-state index is 12.8. The number of amides is 2. The summed E-state index contributed by atoms with van der Waals surface area (Å²) in [5, 5.41) is 10.4. The predicted molar refractivity (Wildman–Crippen MR) is 125 cm³/mol. The van der Waals surface area contributed by atoms with Gasteiger partial charge >= 0.3 is 5.97 Å². The highest BCUT2D eigenvalue weighted by Crippen LogP contribution is 2.34. The van der Waals surface area contributed by atoms with Crippen molar-refractivity contribution >= 4 is 63.8 Å². The Labute approximate surface area is 198 Å². The summed E-state index contributed by atoms with van der Waals surface area (Å²) >= 11 is 12.2. The molecule has 166 valence electrons. The Morgan fingerprint density at radius 3 is 2.66 bits per heavy atom. The zero-order valence-corrected chi connectivity index (χ0v) is 19.2. The first-order chi connectivity index (χ1) is 15.2. The molecule has 1 aliphatic rings. The number of carboxylic acid groups (broad SMARTS) is 1. The molecule has 32 heavy (non-hydrogen) atoms. The Bertz CT molecular complexity index is 1140. The summed E-state index contributed by atoms with van der Waals surface area (Å²) in [6.45, 7) is 1.40. The van der Waals surface area contributed by atoms with Crippen LogP contribution in [-0.4, -0.2) is 45.4 Å². The van der Waals surface area contributed by atoms with Crippen molar-refractivity contribution in [1.29, 1.82) is 0 Å². The van der Waals surface area contributed by atoms with Gasteiger partial charge in [0, 0.05) is 10.6 Å². The minimum atomic E-state index is -1.11. The maximum Gasteiger partial charge on any atom is 0.344 e. The molecular formula is C21H17ClN2O6S2. The molecule has 11 heteroatoms. The summed E-state index contributed by atoms with van der Waals surface area (Å²) in [6.07, 6.45) is 0.520. The van der Waals surface area contributed by atoms with E-state index in [1.165, 1.54) is 20.1 Å². The Morgan fingerprint density at radius 1 is 1.25 bits per heavy atom. The topological polar surface area (TPSA) is 105 Å². The molecule has 8 nitrogen and oxygen atoms in total. The van der Waals surface area contributed by atoms with Gasteiger partial charge in [0.2, 0.25) is 0 Å². The van der Waals surface area contributed by atoms with Gasteiger partial charge in [0.1, 0.15) is 0 Å². The van der Waals surface area contributed by atoms with Crippen molar-refractivity contribution in [2.45, 2.75) is 13.0 Å². The molecule has 3 rings (SSSR count). The number of rotatable bonds is 7. The molecule has 2 amide bonds. The second-order valence-corrected chi connectivity index (χ2v) is 8.59. The van der Waals surface area contributed by atoms with Gasteiger partial charge in [-0.2, -0.15) is 5.01 Å². The fourth-order valence-electron chi connectivity index (χ4n) is 2.62. The SMILES string of the molecule is COc1cc(/C=C2/SC(=S)N(NC(=O)c3cccc(Cl)c3)C2=O)ccc1OC(C)C(=O)O. The van der Waals surface area contributed by atoms with Crippen molar-refractivity contribution in [2.75, 3.05) is 7.11 Å². The largest absolute Gasteiger partial charge is 0.493 e. The molecule has 0 spiro atoms. The molecule has 0 bridgehead atoms. The Morgan fingerprint density at radius 2 is 2.00 bits per heavy atom. The van der Waals surface area contributed by atoms with Gasteiger partial charge in [-0.3, -0.25) is 15.0 Å². The van der Waals surface area contributed by atoms with Crippen molar-refractivity contribution in [1.82, 2.24) is 10.4 Å². The highest BCUT2D eigenvalue weighted by Gasteiger charge is 2.34. The minimum absolute atomic E-state index is 0.166. The molecule has 0 aliphatic carbocycles. The summed E-state index contributed by atoms with van der Waals surface area (Å²) in [4.78, 5) is 36.5. The minimum Gasteiger partial charge on any atom is -0.493 e. The molecule has 0 radical (unpaired) electrons. The van der Waals surface area contributed by atoms with Crippen LogP contribution >= 0.6 is 35.6 Å². The second-order valence-electron chi connectivity index (χ2n) is 6.48. The molecule has 1 unspecified atom stereocenters. The quantitative estimate of drug-likeness (QED) is 0.445. The van der Waals surface area contributed by atoms with Crippen LogP contribution in [-0.2, 0) is 9.59 Å². The van der Waals surface area contributed by atoms with E-state index >= 15 is 0 Å². The highest BCUT2D eigenvalue weighted by atomic mass is 35.5. The number of carboxylic acids is 1. The maximum atomic E-state index is 12.8. The van der Waals surface area contributed by atoms with E-state index in [-0.39, 0.29) is 20.5 Å². The Hall–Kier alpha value is -3.08. The number of nitrogens with one attached hydrogen (secondary N) is 1. The van der Waals surface area contributed by atoms with E-state index in [1.807, 2.05) is 0 Å². The monoisotopic (exact) mass is 492 g/mol. The average Bonchev–Trinajstić information content (AvgIpc) is 3.01. The van der Waals surface area contributed by atoms with Crippen LogP contribution in [0.3, 0.4) is 0 Å². The molecule has 1 fully saturated rings. The summed E-state index contributed by atoms with van der Waals surface area (Å²) in [6, 6.07) is 11.1. The Balaban J connectivity index is 1.78. The van der Waals surface area contributed by atoms with Crippen molar-refractivity contribution < 1.29 is 29.0 Å². The lowest BCUT2D eigenvalue weighted by molar-refractivity contribution is -0.144. The number of halogens is 1. The normalized spacial score (nSPS) is 15.6.